The number of benzene rings is 1. The van der Waals surface area contributed by atoms with Gasteiger partial charge in [-0.2, -0.15) is 0 Å². The van der Waals surface area contributed by atoms with Crippen molar-refractivity contribution in [3.63, 3.8) is 0 Å². The Hall–Kier alpha value is -1.22. The molecule has 0 radical (unpaired) electrons. The van der Waals surface area contributed by atoms with Crippen LogP contribution in [0.15, 0.2) is 18.2 Å². The van der Waals surface area contributed by atoms with Crippen molar-refractivity contribution >= 4 is 5.69 Å². The fraction of sp³-hybridized carbons (Fsp3) is 0.455. The summed E-state index contributed by atoms with van der Waals surface area (Å²) in [6.07, 6.45) is 1.55. The lowest BCUT2D eigenvalue weighted by Crippen LogP contribution is -2.03. The quantitative estimate of drug-likeness (QED) is 0.627. The Morgan fingerprint density at radius 3 is 2.71 bits per heavy atom. The summed E-state index contributed by atoms with van der Waals surface area (Å²) in [6.45, 7) is 2.92. The lowest BCUT2D eigenvalue weighted by atomic mass is 10.1. The maximum atomic E-state index is 9.56. The number of anilines is 1. The Morgan fingerprint density at radius 2 is 2.14 bits per heavy atom. The Balaban J connectivity index is 2.57. The van der Waals surface area contributed by atoms with Gasteiger partial charge in [-0.05, 0) is 24.5 Å². The second-order valence-corrected chi connectivity index (χ2v) is 3.20. The van der Waals surface area contributed by atoms with Crippen molar-refractivity contribution in [1.82, 2.24) is 0 Å². The molecular formula is C11H17NO2. The number of phenols is 1. The highest BCUT2D eigenvalue weighted by Gasteiger charge is 1.99. The van der Waals surface area contributed by atoms with E-state index in [2.05, 4.69) is 5.32 Å². The molecule has 3 N–H and O–H groups in total. The van der Waals surface area contributed by atoms with Gasteiger partial charge < -0.3 is 15.5 Å². The third-order valence-electron chi connectivity index (χ3n) is 2.13. The SMILES string of the molecule is CCc1ccc(NCCCO)cc1O. The molecule has 14 heavy (non-hydrogen) atoms. The molecule has 78 valence electrons. The zero-order valence-corrected chi connectivity index (χ0v) is 8.45. The number of hydrogen-bond acceptors (Lipinski definition) is 3. The molecule has 0 aliphatic carbocycles. The smallest absolute Gasteiger partial charge is 0.120 e. The summed E-state index contributed by atoms with van der Waals surface area (Å²) in [5, 5.41) is 21.3. The number of nitrogens with one attached hydrogen (secondary N) is 1. The van der Waals surface area contributed by atoms with Gasteiger partial charge in [-0.15, -0.1) is 0 Å². The molecule has 1 aromatic carbocycles. The number of phenolic OH excluding ortho intramolecular Hbond substituents is 1. The Kier molecular flexibility index (Phi) is 4.26. The van der Waals surface area contributed by atoms with Gasteiger partial charge in [0, 0.05) is 24.9 Å². The van der Waals surface area contributed by atoms with E-state index in [0.717, 1.165) is 30.6 Å². The molecule has 3 nitrogen and oxygen atoms in total. The molecule has 0 aromatic heterocycles. The van der Waals surface area contributed by atoms with Crippen LogP contribution in [0.25, 0.3) is 0 Å². The number of hydrogen-bond donors (Lipinski definition) is 3. The molecule has 0 amide bonds. The fourth-order valence-corrected chi connectivity index (χ4v) is 1.28. The molecule has 0 saturated heterocycles. The predicted molar refractivity (Wildman–Crippen MR) is 57.7 cm³/mol. The van der Waals surface area contributed by atoms with Crippen molar-refractivity contribution in [3.05, 3.63) is 23.8 Å². The summed E-state index contributed by atoms with van der Waals surface area (Å²) in [6, 6.07) is 5.57. The minimum atomic E-state index is 0.187. The molecule has 0 bridgehead atoms. The van der Waals surface area contributed by atoms with E-state index in [0.29, 0.717) is 5.75 Å². The number of aryl methyl sites for hydroxylation is 1. The lowest BCUT2D eigenvalue weighted by Gasteiger charge is -2.07. The second-order valence-electron chi connectivity index (χ2n) is 3.20. The van der Waals surface area contributed by atoms with Crippen LogP contribution in [0.5, 0.6) is 5.75 Å². The zero-order valence-electron chi connectivity index (χ0n) is 8.45. The molecule has 0 fully saturated rings. The average Bonchev–Trinajstić information content (AvgIpc) is 2.18. The largest absolute Gasteiger partial charge is 0.508 e. The van der Waals surface area contributed by atoms with Crippen molar-refractivity contribution in [3.8, 4) is 5.75 Å². The Morgan fingerprint density at radius 1 is 1.36 bits per heavy atom. The zero-order chi connectivity index (χ0) is 10.4. The van der Waals surface area contributed by atoms with Gasteiger partial charge in [0.1, 0.15) is 5.75 Å². The minimum absolute atomic E-state index is 0.187. The second kappa shape index (κ2) is 5.50. The van der Waals surface area contributed by atoms with Gasteiger partial charge in [0.15, 0.2) is 0 Å². The van der Waals surface area contributed by atoms with E-state index < -0.39 is 0 Å². The van der Waals surface area contributed by atoms with E-state index in [9.17, 15) is 5.11 Å². The molecule has 0 aliphatic heterocycles. The maximum absolute atomic E-state index is 9.56. The van der Waals surface area contributed by atoms with Crippen LogP contribution in [-0.4, -0.2) is 23.4 Å². The van der Waals surface area contributed by atoms with E-state index >= 15 is 0 Å². The van der Waals surface area contributed by atoms with Crippen LogP contribution in [0, 0.1) is 0 Å². The highest BCUT2D eigenvalue weighted by Crippen LogP contribution is 2.22. The molecule has 1 aromatic rings. The van der Waals surface area contributed by atoms with Crippen LogP contribution >= 0.6 is 0 Å². The molecule has 3 heteroatoms. The Labute approximate surface area is 84.4 Å². The van der Waals surface area contributed by atoms with Gasteiger partial charge in [0.05, 0.1) is 0 Å². The van der Waals surface area contributed by atoms with Crippen LogP contribution in [-0.2, 0) is 6.42 Å². The van der Waals surface area contributed by atoms with E-state index in [-0.39, 0.29) is 6.61 Å². The molecule has 0 aliphatic rings. The predicted octanol–water partition coefficient (Wildman–Crippen LogP) is 1.75. The van der Waals surface area contributed by atoms with Crippen LogP contribution in [0.1, 0.15) is 18.9 Å². The van der Waals surface area contributed by atoms with Gasteiger partial charge in [-0.3, -0.25) is 0 Å². The summed E-state index contributed by atoms with van der Waals surface area (Å²) in [5.41, 5.74) is 1.85. The first-order valence-corrected chi connectivity index (χ1v) is 4.94. The van der Waals surface area contributed by atoms with Crippen molar-refractivity contribution in [2.24, 2.45) is 0 Å². The molecule has 0 saturated carbocycles. The maximum Gasteiger partial charge on any atom is 0.120 e. The normalized spacial score (nSPS) is 10.1. The van der Waals surface area contributed by atoms with Gasteiger partial charge in [0.2, 0.25) is 0 Å². The average molecular weight is 195 g/mol. The highest BCUT2D eigenvalue weighted by atomic mass is 16.3. The number of aliphatic hydroxyl groups is 1. The van der Waals surface area contributed by atoms with Crippen molar-refractivity contribution in [2.45, 2.75) is 19.8 Å². The van der Waals surface area contributed by atoms with Gasteiger partial charge >= 0.3 is 0 Å². The van der Waals surface area contributed by atoms with E-state index in [1.807, 2.05) is 19.1 Å². The first-order valence-electron chi connectivity index (χ1n) is 4.94. The number of aliphatic hydroxyl groups excluding tert-OH is 1. The highest BCUT2D eigenvalue weighted by molar-refractivity contribution is 5.51. The summed E-state index contributed by atoms with van der Waals surface area (Å²) in [7, 11) is 0. The molecule has 1 rings (SSSR count). The molecular weight excluding hydrogens is 178 g/mol. The fourth-order valence-electron chi connectivity index (χ4n) is 1.28. The summed E-state index contributed by atoms with van der Waals surface area (Å²) in [5.74, 6) is 0.335. The van der Waals surface area contributed by atoms with E-state index in [1.165, 1.54) is 0 Å². The van der Waals surface area contributed by atoms with Crippen molar-refractivity contribution in [2.75, 3.05) is 18.5 Å². The third-order valence-corrected chi connectivity index (χ3v) is 2.13. The summed E-state index contributed by atoms with van der Waals surface area (Å²) >= 11 is 0. The van der Waals surface area contributed by atoms with Crippen molar-refractivity contribution < 1.29 is 10.2 Å². The van der Waals surface area contributed by atoms with Gasteiger partial charge in [0.25, 0.3) is 0 Å². The molecule has 0 heterocycles. The van der Waals surface area contributed by atoms with Gasteiger partial charge in [-0.25, -0.2) is 0 Å². The van der Waals surface area contributed by atoms with Crippen LogP contribution < -0.4 is 5.32 Å². The summed E-state index contributed by atoms with van der Waals surface area (Å²) < 4.78 is 0. The number of rotatable bonds is 5. The minimum Gasteiger partial charge on any atom is -0.508 e. The Bertz CT molecular complexity index is 287. The van der Waals surface area contributed by atoms with E-state index in [4.69, 9.17) is 5.11 Å². The molecule has 0 spiro atoms. The molecule has 0 atom stereocenters. The standard InChI is InChI=1S/C11H17NO2/c1-2-9-4-5-10(8-11(9)14)12-6-3-7-13/h4-5,8,12-14H,2-3,6-7H2,1H3. The van der Waals surface area contributed by atoms with Crippen LogP contribution in [0.3, 0.4) is 0 Å². The summed E-state index contributed by atoms with van der Waals surface area (Å²) in [4.78, 5) is 0. The monoisotopic (exact) mass is 195 g/mol. The van der Waals surface area contributed by atoms with Gasteiger partial charge in [-0.1, -0.05) is 13.0 Å². The van der Waals surface area contributed by atoms with Crippen LogP contribution in [0.4, 0.5) is 5.69 Å². The topological polar surface area (TPSA) is 52.5 Å². The van der Waals surface area contributed by atoms with Crippen LogP contribution in [0.2, 0.25) is 0 Å². The third kappa shape index (κ3) is 2.92. The van der Waals surface area contributed by atoms with E-state index in [1.54, 1.807) is 6.07 Å². The first kappa shape index (κ1) is 10.9. The van der Waals surface area contributed by atoms with Crippen molar-refractivity contribution in [1.29, 1.82) is 0 Å². The number of aromatic hydroxyl groups is 1. The lowest BCUT2D eigenvalue weighted by molar-refractivity contribution is 0.292. The molecule has 0 unspecified atom stereocenters. The first-order chi connectivity index (χ1) is 6.77.